The van der Waals surface area contributed by atoms with Gasteiger partial charge in [-0.2, -0.15) is 0 Å². The van der Waals surface area contributed by atoms with Gasteiger partial charge in [-0.05, 0) is 31.0 Å². The first kappa shape index (κ1) is 21.2. The highest BCUT2D eigenvalue weighted by atomic mass is 16.5. The van der Waals surface area contributed by atoms with E-state index in [1.165, 1.54) is 7.11 Å². The predicted octanol–water partition coefficient (Wildman–Crippen LogP) is 2.41. The van der Waals surface area contributed by atoms with E-state index in [0.717, 1.165) is 11.1 Å². The van der Waals surface area contributed by atoms with Crippen LogP contribution < -0.4 is 10.6 Å². The van der Waals surface area contributed by atoms with Crippen LogP contribution >= 0.6 is 0 Å². The van der Waals surface area contributed by atoms with E-state index in [4.69, 9.17) is 4.74 Å². The number of aryl methyl sites for hydroxylation is 1. The van der Waals surface area contributed by atoms with E-state index in [1.807, 2.05) is 55.5 Å². The lowest BCUT2D eigenvalue weighted by Gasteiger charge is -2.16. The molecule has 6 nitrogen and oxygen atoms in total. The van der Waals surface area contributed by atoms with Crippen molar-refractivity contribution in [2.24, 2.45) is 0 Å². The zero-order valence-electron chi connectivity index (χ0n) is 16.2. The van der Waals surface area contributed by atoms with Crippen LogP contribution in [-0.2, 0) is 20.7 Å². The number of esters is 1. The molecule has 0 heterocycles. The van der Waals surface area contributed by atoms with Crippen molar-refractivity contribution in [2.45, 2.75) is 32.2 Å². The van der Waals surface area contributed by atoms with Crippen molar-refractivity contribution >= 4 is 17.8 Å². The van der Waals surface area contributed by atoms with Crippen LogP contribution in [0.2, 0.25) is 0 Å². The Bertz CT molecular complexity index is 805. The first-order valence-corrected chi connectivity index (χ1v) is 9.25. The minimum absolute atomic E-state index is 0.166. The Morgan fingerprint density at radius 3 is 2.46 bits per heavy atom. The van der Waals surface area contributed by atoms with Gasteiger partial charge in [0, 0.05) is 24.9 Å². The third-order valence-corrected chi connectivity index (χ3v) is 4.25. The Balaban J connectivity index is 1.77. The summed E-state index contributed by atoms with van der Waals surface area (Å²) >= 11 is 0. The summed E-state index contributed by atoms with van der Waals surface area (Å²) in [6.45, 7) is 2.30. The van der Waals surface area contributed by atoms with Crippen LogP contribution in [0.5, 0.6) is 0 Å². The number of benzene rings is 2. The van der Waals surface area contributed by atoms with E-state index in [1.54, 1.807) is 6.07 Å². The molecule has 0 aliphatic heterocycles. The van der Waals surface area contributed by atoms with Crippen LogP contribution in [0.4, 0.5) is 0 Å². The van der Waals surface area contributed by atoms with E-state index in [-0.39, 0.29) is 18.2 Å². The molecular weight excluding hydrogens is 356 g/mol. The first-order valence-electron chi connectivity index (χ1n) is 9.25. The van der Waals surface area contributed by atoms with Crippen LogP contribution in [-0.4, -0.2) is 37.5 Å². The topological polar surface area (TPSA) is 84.5 Å². The number of ether oxygens (including phenoxy) is 1. The first-order chi connectivity index (χ1) is 13.5. The average molecular weight is 382 g/mol. The average Bonchev–Trinajstić information content (AvgIpc) is 2.70. The van der Waals surface area contributed by atoms with Gasteiger partial charge in [0.1, 0.15) is 6.04 Å². The standard InChI is InChI=1S/C22H26N2O4/c1-16-8-6-11-18(14-16)21(26)23-13-7-12-20(25)24-19(22(27)28-2)15-17-9-4-3-5-10-17/h3-6,8-11,14,19H,7,12-13,15H2,1-2H3,(H,23,26)(H,24,25). The quantitative estimate of drug-likeness (QED) is 0.515. The second kappa shape index (κ2) is 10.9. The van der Waals surface area contributed by atoms with Gasteiger partial charge in [-0.3, -0.25) is 9.59 Å². The highest BCUT2D eigenvalue weighted by Gasteiger charge is 2.21. The Hall–Kier alpha value is -3.15. The summed E-state index contributed by atoms with van der Waals surface area (Å²) in [6, 6.07) is 16.0. The molecule has 2 rings (SSSR count). The smallest absolute Gasteiger partial charge is 0.328 e. The molecule has 148 valence electrons. The van der Waals surface area contributed by atoms with Crippen molar-refractivity contribution in [2.75, 3.05) is 13.7 Å². The number of hydrogen-bond donors (Lipinski definition) is 2. The SMILES string of the molecule is COC(=O)C(Cc1ccccc1)NC(=O)CCCNC(=O)c1cccc(C)c1. The van der Waals surface area contributed by atoms with E-state index >= 15 is 0 Å². The van der Waals surface area contributed by atoms with Gasteiger partial charge in [-0.25, -0.2) is 4.79 Å². The van der Waals surface area contributed by atoms with E-state index in [9.17, 15) is 14.4 Å². The number of hydrogen-bond acceptors (Lipinski definition) is 4. The van der Waals surface area contributed by atoms with E-state index in [2.05, 4.69) is 10.6 Å². The monoisotopic (exact) mass is 382 g/mol. The lowest BCUT2D eigenvalue weighted by atomic mass is 10.1. The number of carbonyl (C=O) groups excluding carboxylic acids is 3. The summed E-state index contributed by atoms with van der Waals surface area (Å²) < 4.78 is 4.79. The van der Waals surface area contributed by atoms with Crippen LogP contribution in [0.15, 0.2) is 54.6 Å². The summed E-state index contributed by atoms with van der Waals surface area (Å²) in [6.07, 6.45) is 1.04. The zero-order chi connectivity index (χ0) is 20.4. The molecule has 0 radical (unpaired) electrons. The van der Waals surface area contributed by atoms with Gasteiger partial charge in [0.25, 0.3) is 5.91 Å². The Morgan fingerprint density at radius 1 is 1.04 bits per heavy atom. The number of rotatable bonds is 9. The van der Waals surface area contributed by atoms with Crippen molar-refractivity contribution in [3.8, 4) is 0 Å². The summed E-state index contributed by atoms with van der Waals surface area (Å²) in [7, 11) is 1.30. The molecule has 0 aliphatic rings. The van der Waals surface area contributed by atoms with E-state index < -0.39 is 12.0 Å². The molecule has 0 fully saturated rings. The molecule has 1 unspecified atom stereocenters. The van der Waals surface area contributed by atoms with Crippen LogP contribution in [0.1, 0.15) is 34.3 Å². The molecule has 2 amide bonds. The molecule has 0 aliphatic carbocycles. The Labute approximate surface area is 165 Å². The Kier molecular flexibility index (Phi) is 8.21. The van der Waals surface area contributed by atoms with E-state index in [0.29, 0.717) is 24.9 Å². The largest absolute Gasteiger partial charge is 0.467 e. The maximum atomic E-state index is 12.2. The third-order valence-electron chi connectivity index (χ3n) is 4.25. The molecule has 0 spiro atoms. The fraction of sp³-hybridized carbons (Fsp3) is 0.318. The number of carbonyl (C=O) groups is 3. The molecule has 2 aromatic rings. The predicted molar refractivity (Wildman–Crippen MR) is 107 cm³/mol. The molecule has 6 heteroatoms. The van der Waals surface area contributed by atoms with Crippen molar-refractivity contribution < 1.29 is 19.1 Å². The molecule has 2 N–H and O–H groups in total. The maximum Gasteiger partial charge on any atom is 0.328 e. The highest BCUT2D eigenvalue weighted by Crippen LogP contribution is 2.06. The maximum absolute atomic E-state index is 12.2. The van der Waals surface area contributed by atoms with Crippen LogP contribution in [0.25, 0.3) is 0 Å². The molecule has 2 aromatic carbocycles. The highest BCUT2D eigenvalue weighted by molar-refractivity contribution is 5.94. The molecule has 0 saturated carbocycles. The second-order valence-corrected chi connectivity index (χ2v) is 6.56. The summed E-state index contributed by atoms with van der Waals surface area (Å²) in [5.41, 5.74) is 2.54. The summed E-state index contributed by atoms with van der Waals surface area (Å²) in [4.78, 5) is 36.2. The molecule has 0 bridgehead atoms. The summed E-state index contributed by atoms with van der Waals surface area (Å²) in [5, 5.41) is 5.52. The minimum atomic E-state index is -0.734. The lowest BCUT2D eigenvalue weighted by Crippen LogP contribution is -2.43. The number of nitrogens with one attached hydrogen (secondary N) is 2. The molecule has 0 aromatic heterocycles. The second-order valence-electron chi connectivity index (χ2n) is 6.56. The van der Waals surface area contributed by atoms with Crippen molar-refractivity contribution in [1.82, 2.24) is 10.6 Å². The van der Waals surface area contributed by atoms with Crippen LogP contribution in [0.3, 0.4) is 0 Å². The van der Waals surface area contributed by atoms with Crippen molar-refractivity contribution in [3.63, 3.8) is 0 Å². The number of methoxy groups -OCH3 is 1. The third kappa shape index (κ3) is 6.87. The molecule has 1 atom stereocenters. The van der Waals surface area contributed by atoms with Crippen molar-refractivity contribution in [1.29, 1.82) is 0 Å². The van der Waals surface area contributed by atoms with Crippen molar-refractivity contribution in [3.05, 3.63) is 71.3 Å². The molecule has 0 saturated heterocycles. The summed E-state index contributed by atoms with van der Waals surface area (Å²) in [5.74, 6) is -0.901. The van der Waals surface area contributed by atoms with Gasteiger partial charge in [-0.1, -0.05) is 48.0 Å². The van der Waals surface area contributed by atoms with Gasteiger partial charge in [0.05, 0.1) is 7.11 Å². The van der Waals surface area contributed by atoms with Gasteiger partial charge in [0.15, 0.2) is 0 Å². The molecular formula is C22H26N2O4. The number of amides is 2. The Morgan fingerprint density at radius 2 is 1.79 bits per heavy atom. The zero-order valence-corrected chi connectivity index (χ0v) is 16.2. The fourth-order valence-electron chi connectivity index (χ4n) is 2.79. The lowest BCUT2D eigenvalue weighted by molar-refractivity contribution is -0.145. The van der Waals surface area contributed by atoms with Crippen LogP contribution in [0, 0.1) is 6.92 Å². The van der Waals surface area contributed by atoms with Gasteiger partial charge >= 0.3 is 5.97 Å². The fourth-order valence-corrected chi connectivity index (χ4v) is 2.79. The van der Waals surface area contributed by atoms with Gasteiger partial charge in [-0.15, -0.1) is 0 Å². The van der Waals surface area contributed by atoms with Gasteiger partial charge < -0.3 is 15.4 Å². The normalized spacial score (nSPS) is 11.4. The van der Waals surface area contributed by atoms with Gasteiger partial charge in [0.2, 0.25) is 5.91 Å². The minimum Gasteiger partial charge on any atom is -0.467 e. The molecule has 28 heavy (non-hydrogen) atoms.